The van der Waals surface area contributed by atoms with Crippen LogP contribution < -0.4 is 15.4 Å². The van der Waals surface area contributed by atoms with Crippen molar-refractivity contribution in [3.05, 3.63) is 81.9 Å². The normalized spacial score (nSPS) is 10.3. The first-order valence-electron chi connectivity index (χ1n) is 8.71. The molecule has 148 valence electrons. The fourth-order valence-electron chi connectivity index (χ4n) is 2.42. The van der Waals surface area contributed by atoms with Crippen LogP contribution in [0.25, 0.3) is 0 Å². The highest BCUT2D eigenvalue weighted by Crippen LogP contribution is 2.23. The molecule has 2 N–H and O–H groups in total. The summed E-state index contributed by atoms with van der Waals surface area (Å²) < 4.78 is 6.33. The molecule has 3 rings (SSSR count). The Kier molecular flexibility index (Phi) is 7.21. The van der Waals surface area contributed by atoms with Crippen molar-refractivity contribution in [2.45, 2.75) is 6.42 Å². The third-order valence-electron chi connectivity index (χ3n) is 3.80. The number of para-hydroxylation sites is 1. The average Bonchev–Trinajstić information content (AvgIpc) is 2.71. The molecular weight excluding hydrogens is 458 g/mol. The molecule has 1 heterocycles. The van der Waals surface area contributed by atoms with Gasteiger partial charge in [0.05, 0.1) is 18.1 Å². The van der Waals surface area contributed by atoms with Gasteiger partial charge in [-0.3, -0.25) is 9.59 Å². The minimum Gasteiger partial charge on any atom is -0.491 e. The number of pyridine rings is 1. The molecule has 0 aliphatic rings. The van der Waals surface area contributed by atoms with Gasteiger partial charge >= 0.3 is 0 Å². The van der Waals surface area contributed by atoms with Gasteiger partial charge < -0.3 is 15.4 Å². The summed E-state index contributed by atoms with van der Waals surface area (Å²) in [4.78, 5) is 28.6. The van der Waals surface area contributed by atoms with E-state index in [1.165, 1.54) is 0 Å². The first-order chi connectivity index (χ1) is 14.0. The van der Waals surface area contributed by atoms with Crippen LogP contribution in [0.3, 0.4) is 0 Å². The first kappa shape index (κ1) is 20.8. The van der Waals surface area contributed by atoms with Crippen molar-refractivity contribution in [1.82, 2.24) is 4.98 Å². The number of nitrogens with one attached hydrogen (secondary N) is 2. The zero-order chi connectivity index (χ0) is 20.6. The summed E-state index contributed by atoms with van der Waals surface area (Å²) in [6.45, 7) is 0.185. The molecule has 0 saturated carbocycles. The molecule has 1 aromatic heterocycles. The second kappa shape index (κ2) is 10.0. The Labute approximate surface area is 181 Å². The monoisotopic (exact) mass is 473 g/mol. The molecule has 8 heteroatoms. The van der Waals surface area contributed by atoms with Crippen molar-refractivity contribution < 1.29 is 14.3 Å². The van der Waals surface area contributed by atoms with Crippen LogP contribution in [-0.2, 0) is 4.79 Å². The Morgan fingerprint density at radius 3 is 2.62 bits per heavy atom. The number of amides is 2. The Hall–Kier alpha value is -2.90. The van der Waals surface area contributed by atoms with Gasteiger partial charge in [0.15, 0.2) is 0 Å². The van der Waals surface area contributed by atoms with Crippen LogP contribution in [0.4, 0.5) is 11.5 Å². The van der Waals surface area contributed by atoms with Crippen molar-refractivity contribution in [2.24, 2.45) is 0 Å². The highest BCUT2D eigenvalue weighted by molar-refractivity contribution is 9.10. The number of carbonyl (C=O) groups is 2. The van der Waals surface area contributed by atoms with Crippen molar-refractivity contribution in [3.8, 4) is 5.75 Å². The number of nitrogens with zero attached hydrogens (tertiary/aromatic N) is 1. The van der Waals surface area contributed by atoms with E-state index in [-0.39, 0.29) is 24.8 Å². The second-order valence-electron chi connectivity index (χ2n) is 5.97. The van der Waals surface area contributed by atoms with E-state index in [1.54, 1.807) is 60.8 Å². The summed E-state index contributed by atoms with van der Waals surface area (Å²) in [5, 5.41) is 5.96. The van der Waals surface area contributed by atoms with Crippen LogP contribution in [-0.4, -0.2) is 23.4 Å². The predicted octanol–water partition coefficient (Wildman–Crippen LogP) is 5.16. The summed E-state index contributed by atoms with van der Waals surface area (Å²) in [7, 11) is 0. The molecule has 3 aromatic rings. The first-order valence-corrected chi connectivity index (χ1v) is 9.88. The number of benzene rings is 2. The van der Waals surface area contributed by atoms with Crippen LogP contribution in [0.15, 0.2) is 71.3 Å². The fourth-order valence-corrected chi connectivity index (χ4v) is 2.84. The molecular formula is C21H17BrClN3O3. The van der Waals surface area contributed by atoms with Crippen LogP contribution in [0.1, 0.15) is 16.8 Å². The molecule has 2 aromatic carbocycles. The molecule has 0 aliphatic heterocycles. The minimum absolute atomic E-state index is 0.143. The van der Waals surface area contributed by atoms with Crippen LogP contribution in [0.5, 0.6) is 5.75 Å². The lowest BCUT2D eigenvalue weighted by atomic mass is 10.2. The number of anilines is 2. The van der Waals surface area contributed by atoms with E-state index in [4.69, 9.17) is 16.3 Å². The second-order valence-corrected chi connectivity index (χ2v) is 7.30. The van der Waals surface area contributed by atoms with E-state index in [2.05, 4.69) is 31.5 Å². The maximum absolute atomic E-state index is 12.4. The van der Waals surface area contributed by atoms with Gasteiger partial charge in [0, 0.05) is 21.9 Å². The fraction of sp³-hybridized carbons (Fsp3) is 0.0952. The van der Waals surface area contributed by atoms with Gasteiger partial charge in [-0.25, -0.2) is 4.98 Å². The maximum atomic E-state index is 12.4. The number of hydrogen-bond acceptors (Lipinski definition) is 4. The molecule has 29 heavy (non-hydrogen) atoms. The van der Waals surface area contributed by atoms with Gasteiger partial charge in [0.2, 0.25) is 5.91 Å². The lowest BCUT2D eigenvalue weighted by Crippen LogP contribution is -2.16. The maximum Gasteiger partial charge on any atom is 0.256 e. The van der Waals surface area contributed by atoms with Crippen molar-refractivity contribution in [3.63, 3.8) is 0 Å². The molecule has 0 saturated heterocycles. The molecule has 0 radical (unpaired) electrons. The van der Waals surface area contributed by atoms with Crippen LogP contribution in [0.2, 0.25) is 5.02 Å². The highest BCUT2D eigenvalue weighted by Gasteiger charge is 2.10. The Balaban J connectivity index is 1.53. The molecule has 0 atom stereocenters. The standard InChI is InChI=1S/C21H17BrClN3O3/c22-15-8-9-19(24-13-15)26-21(28)14-4-3-5-16(12-14)25-20(27)10-11-29-18-7-2-1-6-17(18)23/h1-9,12-13H,10-11H2,(H,25,27)(H,24,26,28). The van der Waals surface area contributed by atoms with E-state index >= 15 is 0 Å². The molecule has 6 nitrogen and oxygen atoms in total. The Bertz CT molecular complexity index is 1010. The third-order valence-corrected chi connectivity index (χ3v) is 4.58. The molecule has 0 aliphatic carbocycles. The highest BCUT2D eigenvalue weighted by atomic mass is 79.9. The number of ether oxygens (including phenoxy) is 1. The van der Waals surface area contributed by atoms with Gasteiger partial charge in [-0.05, 0) is 58.4 Å². The van der Waals surface area contributed by atoms with E-state index < -0.39 is 0 Å². The summed E-state index contributed by atoms with van der Waals surface area (Å²) in [5.41, 5.74) is 0.920. The van der Waals surface area contributed by atoms with Gasteiger partial charge in [0.1, 0.15) is 11.6 Å². The number of carbonyl (C=O) groups excluding carboxylic acids is 2. The van der Waals surface area contributed by atoms with E-state index in [1.807, 2.05) is 6.07 Å². The van der Waals surface area contributed by atoms with Gasteiger partial charge in [0.25, 0.3) is 5.91 Å². The third kappa shape index (κ3) is 6.30. The SMILES string of the molecule is O=C(CCOc1ccccc1Cl)Nc1cccc(C(=O)Nc2ccc(Br)cn2)c1. The lowest BCUT2D eigenvalue weighted by Gasteiger charge is -2.10. The largest absolute Gasteiger partial charge is 0.491 e. The minimum atomic E-state index is -0.321. The average molecular weight is 475 g/mol. The summed E-state index contributed by atoms with van der Waals surface area (Å²) in [5.74, 6) is 0.411. The topological polar surface area (TPSA) is 80.3 Å². The van der Waals surface area contributed by atoms with Gasteiger partial charge in [-0.1, -0.05) is 29.8 Å². The predicted molar refractivity (Wildman–Crippen MR) is 117 cm³/mol. The van der Waals surface area contributed by atoms with Crippen LogP contribution in [0, 0.1) is 0 Å². The number of halogens is 2. The van der Waals surface area contributed by atoms with Crippen molar-refractivity contribution in [1.29, 1.82) is 0 Å². The molecule has 2 amide bonds. The molecule has 0 unspecified atom stereocenters. The zero-order valence-electron chi connectivity index (χ0n) is 15.2. The number of hydrogen-bond donors (Lipinski definition) is 2. The summed E-state index contributed by atoms with van der Waals surface area (Å²) >= 11 is 9.30. The Morgan fingerprint density at radius 1 is 1.03 bits per heavy atom. The summed E-state index contributed by atoms with van der Waals surface area (Å²) in [6, 6.07) is 17.2. The van der Waals surface area contributed by atoms with E-state index in [0.717, 1.165) is 4.47 Å². The number of rotatable bonds is 7. The van der Waals surface area contributed by atoms with Crippen molar-refractivity contribution >= 4 is 50.9 Å². The van der Waals surface area contributed by atoms with Gasteiger partial charge in [-0.15, -0.1) is 0 Å². The molecule has 0 bridgehead atoms. The van der Waals surface area contributed by atoms with Crippen molar-refractivity contribution in [2.75, 3.05) is 17.2 Å². The smallest absolute Gasteiger partial charge is 0.256 e. The van der Waals surface area contributed by atoms with E-state index in [0.29, 0.717) is 27.8 Å². The number of aromatic nitrogens is 1. The quantitative estimate of drug-likeness (QED) is 0.496. The van der Waals surface area contributed by atoms with Gasteiger partial charge in [-0.2, -0.15) is 0 Å². The van der Waals surface area contributed by atoms with Crippen LogP contribution >= 0.6 is 27.5 Å². The molecule has 0 spiro atoms. The Morgan fingerprint density at radius 2 is 1.86 bits per heavy atom. The summed E-state index contributed by atoms with van der Waals surface area (Å²) in [6.07, 6.45) is 1.74. The zero-order valence-corrected chi connectivity index (χ0v) is 17.5. The molecule has 0 fully saturated rings. The van der Waals surface area contributed by atoms with E-state index in [9.17, 15) is 9.59 Å². The lowest BCUT2D eigenvalue weighted by molar-refractivity contribution is -0.116.